The molecule has 0 saturated carbocycles. The third-order valence-corrected chi connectivity index (χ3v) is 3.09. The number of nitrogens with two attached hydrogens (primary N) is 1. The van der Waals surface area contributed by atoms with Crippen molar-refractivity contribution in [2.45, 2.75) is 19.4 Å². The van der Waals surface area contributed by atoms with E-state index in [1.165, 1.54) is 5.56 Å². The van der Waals surface area contributed by atoms with Crippen LogP contribution in [-0.4, -0.2) is 23.0 Å². The Bertz CT molecular complexity index is 497. The van der Waals surface area contributed by atoms with E-state index in [9.17, 15) is 0 Å². The van der Waals surface area contributed by atoms with Crippen LogP contribution in [0.15, 0.2) is 30.3 Å². The van der Waals surface area contributed by atoms with Gasteiger partial charge >= 0.3 is 0 Å². The normalized spacial score (nSPS) is 12.6. The van der Waals surface area contributed by atoms with Crippen LogP contribution >= 0.6 is 0 Å². The first kappa shape index (κ1) is 12.6. The zero-order valence-electron chi connectivity index (χ0n) is 11.1. The van der Waals surface area contributed by atoms with Gasteiger partial charge in [-0.15, -0.1) is 0 Å². The summed E-state index contributed by atoms with van der Waals surface area (Å²) in [7, 11) is 3.57. The van der Waals surface area contributed by atoms with Crippen LogP contribution in [0.2, 0.25) is 0 Å². The van der Waals surface area contributed by atoms with Gasteiger partial charge in [-0.2, -0.15) is 5.10 Å². The number of ether oxygens (including phenoxy) is 1. The third kappa shape index (κ3) is 2.71. The van der Waals surface area contributed by atoms with Gasteiger partial charge in [0.05, 0.1) is 11.8 Å². The summed E-state index contributed by atoms with van der Waals surface area (Å²) in [6.07, 6.45) is 1.16. The molecule has 2 N–H and O–H groups in total. The molecule has 0 bridgehead atoms. The highest BCUT2D eigenvalue weighted by molar-refractivity contribution is 5.62. The SMILES string of the molecule is COC(C)Cc1ccc(-c2cc(N)n(C)n2)cc1. The first-order valence-corrected chi connectivity index (χ1v) is 6.01. The van der Waals surface area contributed by atoms with Crippen molar-refractivity contribution < 1.29 is 4.74 Å². The molecule has 1 heterocycles. The van der Waals surface area contributed by atoms with E-state index in [4.69, 9.17) is 10.5 Å². The van der Waals surface area contributed by atoms with E-state index < -0.39 is 0 Å². The number of aromatic nitrogens is 2. The summed E-state index contributed by atoms with van der Waals surface area (Å²) in [5, 5.41) is 4.35. The largest absolute Gasteiger partial charge is 0.384 e. The molecular formula is C14H19N3O. The van der Waals surface area contributed by atoms with Crippen LogP contribution in [0.25, 0.3) is 11.3 Å². The van der Waals surface area contributed by atoms with Gasteiger partial charge in [0.15, 0.2) is 0 Å². The van der Waals surface area contributed by atoms with E-state index in [2.05, 4.69) is 36.3 Å². The Morgan fingerprint density at radius 3 is 2.50 bits per heavy atom. The van der Waals surface area contributed by atoms with Crippen molar-refractivity contribution in [2.24, 2.45) is 7.05 Å². The van der Waals surface area contributed by atoms with Crippen LogP contribution < -0.4 is 5.73 Å². The van der Waals surface area contributed by atoms with Gasteiger partial charge in [0.2, 0.25) is 0 Å². The smallest absolute Gasteiger partial charge is 0.121 e. The highest BCUT2D eigenvalue weighted by Crippen LogP contribution is 2.20. The number of aryl methyl sites for hydroxylation is 1. The van der Waals surface area contributed by atoms with Gasteiger partial charge in [-0.1, -0.05) is 24.3 Å². The van der Waals surface area contributed by atoms with Crippen molar-refractivity contribution in [2.75, 3.05) is 12.8 Å². The minimum atomic E-state index is 0.237. The van der Waals surface area contributed by atoms with Crippen molar-refractivity contribution in [3.8, 4) is 11.3 Å². The van der Waals surface area contributed by atoms with Crippen LogP contribution in [-0.2, 0) is 18.2 Å². The minimum Gasteiger partial charge on any atom is -0.384 e. The average molecular weight is 245 g/mol. The number of benzene rings is 1. The quantitative estimate of drug-likeness (QED) is 0.898. The number of anilines is 1. The number of nitrogen functional groups attached to an aromatic ring is 1. The lowest BCUT2D eigenvalue weighted by molar-refractivity contribution is 0.119. The Kier molecular flexibility index (Phi) is 3.67. The fourth-order valence-electron chi connectivity index (χ4n) is 1.85. The van der Waals surface area contributed by atoms with Crippen molar-refractivity contribution in [3.63, 3.8) is 0 Å². The molecule has 4 nitrogen and oxygen atoms in total. The molecule has 18 heavy (non-hydrogen) atoms. The predicted octanol–water partition coefficient (Wildman–Crippen LogP) is 2.25. The second-order valence-corrected chi connectivity index (χ2v) is 4.53. The van der Waals surface area contributed by atoms with Gasteiger partial charge in [0.1, 0.15) is 5.82 Å². The summed E-state index contributed by atoms with van der Waals surface area (Å²) in [6, 6.07) is 10.2. The summed E-state index contributed by atoms with van der Waals surface area (Å²) in [4.78, 5) is 0. The van der Waals surface area contributed by atoms with Gasteiger partial charge < -0.3 is 10.5 Å². The summed E-state index contributed by atoms with van der Waals surface area (Å²) >= 11 is 0. The first-order chi connectivity index (χ1) is 8.60. The number of rotatable bonds is 4. The Morgan fingerprint density at radius 1 is 1.33 bits per heavy atom. The molecule has 0 radical (unpaired) electrons. The lowest BCUT2D eigenvalue weighted by atomic mass is 10.1. The van der Waals surface area contributed by atoms with Crippen LogP contribution in [0.5, 0.6) is 0 Å². The third-order valence-electron chi connectivity index (χ3n) is 3.09. The second-order valence-electron chi connectivity index (χ2n) is 4.53. The Hall–Kier alpha value is -1.81. The van der Waals surface area contributed by atoms with E-state index in [1.54, 1.807) is 11.8 Å². The highest BCUT2D eigenvalue weighted by Gasteiger charge is 2.06. The monoisotopic (exact) mass is 245 g/mol. The maximum absolute atomic E-state index is 5.78. The van der Waals surface area contributed by atoms with Gasteiger partial charge in [-0.25, -0.2) is 0 Å². The lowest BCUT2D eigenvalue weighted by Gasteiger charge is -2.09. The Labute approximate surface area is 107 Å². The first-order valence-electron chi connectivity index (χ1n) is 6.01. The molecule has 0 spiro atoms. The summed E-state index contributed by atoms with van der Waals surface area (Å²) in [5.74, 6) is 0.669. The van der Waals surface area contributed by atoms with Gasteiger partial charge in [-0.3, -0.25) is 4.68 Å². The van der Waals surface area contributed by atoms with E-state index in [0.717, 1.165) is 17.7 Å². The molecule has 0 saturated heterocycles. The molecule has 0 aliphatic rings. The molecule has 0 amide bonds. The Morgan fingerprint density at radius 2 is 2.00 bits per heavy atom. The summed E-state index contributed by atoms with van der Waals surface area (Å²) < 4.78 is 6.93. The van der Waals surface area contributed by atoms with E-state index in [1.807, 2.05) is 13.1 Å². The maximum atomic E-state index is 5.78. The fourth-order valence-corrected chi connectivity index (χ4v) is 1.85. The molecule has 0 fully saturated rings. The zero-order valence-corrected chi connectivity index (χ0v) is 11.1. The standard InChI is InChI=1S/C14H19N3O/c1-10(18-3)8-11-4-6-12(7-5-11)13-9-14(15)17(2)16-13/h4-7,9-10H,8,15H2,1-3H3. The van der Waals surface area contributed by atoms with E-state index in [-0.39, 0.29) is 6.10 Å². The van der Waals surface area contributed by atoms with Gasteiger partial charge in [-0.05, 0) is 18.9 Å². The van der Waals surface area contributed by atoms with Crippen molar-refractivity contribution in [1.29, 1.82) is 0 Å². The fraction of sp³-hybridized carbons (Fsp3) is 0.357. The minimum absolute atomic E-state index is 0.237. The molecule has 2 aromatic rings. The molecule has 0 aliphatic heterocycles. The van der Waals surface area contributed by atoms with Crippen molar-refractivity contribution in [1.82, 2.24) is 9.78 Å². The second kappa shape index (κ2) is 5.23. The molecule has 0 aliphatic carbocycles. The molecule has 2 rings (SSSR count). The number of methoxy groups -OCH3 is 1. The van der Waals surface area contributed by atoms with Crippen LogP contribution in [0.4, 0.5) is 5.82 Å². The predicted molar refractivity (Wildman–Crippen MR) is 73.2 cm³/mol. The molecule has 1 atom stereocenters. The van der Waals surface area contributed by atoms with Crippen LogP contribution in [0.1, 0.15) is 12.5 Å². The Balaban J connectivity index is 2.17. The molecule has 1 unspecified atom stereocenters. The van der Waals surface area contributed by atoms with Gasteiger partial charge in [0, 0.05) is 25.8 Å². The van der Waals surface area contributed by atoms with Crippen molar-refractivity contribution >= 4 is 5.82 Å². The summed E-state index contributed by atoms with van der Waals surface area (Å²) in [5.41, 5.74) is 9.02. The highest BCUT2D eigenvalue weighted by atomic mass is 16.5. The van der Waals surface area contributed by atoms with E-state index >= 15 is 0 Å². The molecule has 1 aromatic carbocycles. The lowest BCUT2D eigenvalue weighted by Crippen LogP contribution is -2.08. The molecule has 96 valence electrons. The zero-order chi connectivity index (χ0) is 13.1. The molecular weight excluding hydrogens is 226 g/mol. The number of hydrogen-bond donors (Lipinski definition) is 1. The average Bonchev–Trinajstić information content (AvgIpc) is 2.70. The van der Waals surface area contributed by atoms with Crippen LogP contribution in [0, 0.1) is 0 Å². The molecule has 1 aromatic heterocycles. The van der Waals surface area contributed by atoms with Crippen molar-refractivity contribution in [3.05, 3.63) is 35.9 Å². The topological polar surface area (TPSA) is 53.1 Å². The van der Waals surface area contributed by atoms with Crippen LogP contribution in [0.3, 0.4) is 0 Å². The summed E-state index contributed by atoms with van der Waals surface area (Å²) in [6.45, 7) is 2.06. The van der Waals surface area contributed by atoms with E-state index in [0.29, 0.717) is 5.82 Å². The number of hydrogen-bond acceptors (Lipinski definition) is 3. The number of nitrogens with zero attached hydrogens (tertiary/aromatic N) is 2. The maximum Gasteiger partial charge on any atom is 0.121 e. The van der Waals surface area contributed by atoms with Gasteiger partial charge in [0.25, 0.3) is 0 Å². The molecule has 4 heteroatoms.